The number of thiophene rings is 1. The zero-order chi connectivity index (χ0) is 17.7. The minimum atomic E-state index is -3.73. The number of sulfonamides is 1. The van der Waals surface area contributed by atoms with E-state index in [-0.39, 0.29) is 17.0 Å². The summed E-state index contributed by atoms with van der Waals surface area (Å²) in [5.74, 6) is -0.527. The van der Waals surface area contributed by atoms with Crippen molar-refractivity contribution in [3.8, 4) is 0 Å². The Balaban J connectivity index is 2.08. The van der Waals surface area contributed by atoms with Crippen molar-refractivity contribution in [2.24, 2.45) is 0 Å². The molecule has 2 aromatic rings. The Labute approximate surface area is 149 Å². The molecule has 0 aliphatic carbocycles. The van der Waals surface area contributed by atoms with Gasteiger partial charge in [0.15, 0.2) is 0 Å². The standard InChI is InChI=1S/C15H16ClNO5S2/c1-21-12(13-7-8-14(16)23-13)9-17-24(19,20)11-5-3-10(4-6-11)15(18)22-2/h3-8,12,17H,9H2,1-2H3. The van der Waals surface area contributed by atoms with Crippen molar-refractivity contribution in [1.82, 2.24) is 4.72 Å². The molecule has 130 valence electrons. The molecule has 0 spiro atoms. The monoisotopic (exact) mass is 389 g/mol. The number of benzene rings is 1. The number of ether oxygens (including phenoxy) is 2. The van der Waals surface area contributed by atoms with Gasteiger partial charge in [-0.2, -0.15) is 0 Å². The summed E-state index contributed by atoms with van der Waals surface area (Å²) in [6.45, 7) is 0.0639. The molecular weight excluding hydrogens is 374 g/mol. The summed E-state index contributed by atoms with van der Waals surface area (Å²) in [7, 11) is -0.968. The molecule has 1 heterocycles. The van der Waals surface area contributed by atoms with Crippen LogP contribution in [-0.2, 0) is 19.5 Å². The highest BCUT2D eigenvalue weighted by molar-refractivity contribution is 7.89. The van der Waals surface area contributed by atoms with Crippen LogP contribution >= 0.6 is 22.9 Å². The first kappa shape index (κ1) is 18.9. The van der Waals surface area contributed by atoms with Gasteiger partial charge in [0, 0.05) is 18.5 Å². The second kappa shape index (κ2) is 8.09. The molecular formula is C15H16ClNO5S2. The van der Waals surface area contributed by atoms with Crippen molar-refractivity contribution < 1.29 is 22.7 Å². The van der Waals surface area contributed by atoms with Crippen LogP contribution in [0.3, 0.4) is 0 Å². The van der Waals surface area contributed by atoms with E-state index in [9.17, 15) is 13.2 Å². The average Bonchev–Trinajstić information content (AvgIpc) is 3.01. The highest BCUT2D eigenvalue weighted by atomic mass is 35.5. The fraction of sp³-hybridized carbons (Fsp3) is 0.267. The molecule has 0 fully saturated rings. The summed E-state index contributed by atoms with van der Waals surface area (Å²) in [4.78, 5) is 12.2. The van der Waals surface area contributed by atoms with Gasteiger partial charge in [-0.05, 0) is 36.4 Å². The summed E-state index contributed by atoms with van der Waals surface area (Å²) in [6.07, 6.45) is -0.438. The second-order valence-electron chi connectivity index (χ2n) is 4.73. The number of carbonyl (C=O) groups is 1. The minimum Gasteiger partial charge on any atom is -0.465 e. The van der Waals surface area contributed by atoms with Crippen LogP contribution in [0.2, 0.25) is 4.34 Å². The Kier molecular flexibility index (Phi) is 6.36. The molecule has 1 N–H and O–H groups in total. The van der Waals surface area contributed by atoms with Gasteiger partial charge >= 0.3 is 5.97 Å². The van der Waals surface area contributed by atoms with E-state index < -0.39 is 22.1 Å². The van der Waals surface area contributed by atoms with Gasteiger partial charge in [-0.1, -0.05) is 11.6 Å². The first-order valence-corrected chi connectivity index (χ1v) is 9.51. The number of carbonyl (C=O) groups excluding carboxylic acids is 1. The third-order valence-electron chi connectivity index (χ3n) is 3.24. The van der Waals surface area contributed by atoms with Crippen molar-refractivity contribution in [3.63, 3.8) is 0 Å². The molecule has 0 bridgehead atoms. The number of rotatable bonds is 7. The van der Waals surface area contributed by atoms with Crippen LogP contribution in [0.25, 0.3) is 0 Å². The highest BCUT2D eigenvalue weighted by Gasteiger charge is 2.19. The number of nitrogens with one attached hydrogen (secondary N) is 1. The zero-order valence-electron chi connectivity index (χ0n) is 13.0. The predicted octanol–water partition coefficient (Wildman–Crippen LogP) is 2.85. The first-order valence-electron chi connectivity index (χ1n) is 6.83. The van der Waals surface area contributed by atoms with Crippen molar-refractivity contribution in [3.05, 3.63) is 51.2 Å². The van der Waals surface area contributed by atoms with E-state index in [0.29, 0.717) is 4.34 Å². The predicted molar refractivity (Wildman–Crippen MR) is 92.0 cm³/mol. The Hall–Kier alpha value is -1.45. The topological polar surface area (TPSA) is 81.7 Å². The fourth-order valence-corrected chi connectivity index (χ4v) is 4.13. The van der Waals surface area contributed by atoms with E-state index in [2.05, 4.69) is 9.46 Å². The van der Waals surface area contributed by atoms with Crippen LogP contribution in [0.4, 0.5) is 0 Å². The van der Waals surface area contributed by atoms with Crippen LogP contribution in [-0.4, -0.2) is 35.2 Å². The second-order valence-corrected chi connectivity index (χ2v) is 8.25. The lowest BCUT2D eigenvalue weighted by atomic mass is 10.2. The lowest BCUT2D eigenvalue weighted by molar-refractivity contribution is 0.0600. The number of hydrogen-bond acceptors (Lipinski definition) is 6. The zero-order valence-corrected chi connectivity index (χ0v) is 15.4. The highest BCUT2D eigenvalue weighted by Crippen LogP contribution is 2.28. The number of halogens is 1. The molecule has 0 amide bonds. The Bertz CT molecular complexity index is 802. The smallest absolute Gasteiger partial charge is 0.337 e. The Morgan fingerprint density at radius 2 is 1.88 bits per heavy atom. The number of methoxy groups -OCH3 is 2. The van der Waals surface area contributed by atoms with Gasteiger partial charge < -0.3 is 9.47 Å². The lowest BCUT2D eigenvalue weighted by Gasteiger charge is -2.15. The Morgan fingerprint density at radius 3 is 2.38 bits per heavy atom. The molecule has 1 aromatic heterocycles. The van der Waals surface area contributed by atoms with E-state index in [1.165, 1.54) is 49.8 Å². The van der Waals surface area contributed by atoms with Crippen LogP contribution in [0.1, 0.15) is 21.3 Å². The average molecular weight is 390 g/mol. The molecule has 6 nitrogen and oxygen atoms in total. The maximum Gasteiger partial charge on any atom is 0.337 e. The van der Waals surface area contributed by atoms with Gasteiger partial charge in [0.05, 0.1) is 21.9 Å². The quantitative estimate of drug-likeness (QED) is 0.736. The largest absolute Gasteiger partial charge is 0.465 e. The molecule has 24 heavy (non-hydrogen) atoms. The minimum absolute atomic E-state index is 0.0502. The van der Waals surface area contributed by atoms with Gasteiger partial charge in [-0.3, -0.25) is 0 Å². The van der Waals surface area contributed by atoms with Crippen molar-refractivity contribution in [2.45, 2.75) is 11.0 Å². The lowest BCUT2D eigenvalue weighted by Crippen LogP contribution is -2.29. The van der Waals surface area contributed by atoms with Crippen LogP contribution in [0.5, 0.6) is 0 Å². The van der Waals surface area contributed by atoms with Gasteiger partial charge in [0.2, 0.25) is 10.0 Å². The normalized spacial score (nSPS) is 12.8. The molecule has 0 aliphatic heterocycles. The summed E-state index contributed by atoms with van der Waals surface area (Å²) in [5, 5.41) is 0. The molecule has 0 radical (unpaired) electrons. The van der Waals surface area contributed by atoms with Crippen molar-refractivity contribution in [1.29, 1.82) is 0 Å². The molecule has 9 heteroatoms. The molecule has 1 atom stereocenters. The molecule has 0 aliphatic rings. The van der Waals surface area contributed by atoms with Gasteiger partial charge in [0.1, 0.15) is 6.10 Å². The SMILES string of the molecule is COC(=O)c1ccc(S(=O)(=O)NCC(OC)c2ccc(Cl)s2)cc1. The van der Waals surface area contributed by atoms with Crippen LogP contribution in [0, 0.1) is 0 Å². The van der Waals surface area contributed by atoms with Gasteiger partial charge in [-0.25, -0.2) is 17.9 Å². The van der Waals surface area contributed by atoms with E-state index in [1.54, 1.807) is 12.1 Å². The van der Waals surface area contributed by atoms with E-state index in [4.69, 9.17) is 16.3 Å². The van der Waals surface area contributed by atoms with Crippen LogP contribution in [0.15, 0.2) is 41.3 Å². The van der Waals surface area contributed by atoms with E-state index >= 15 is 0 Å². The Morgan fingerprint density at radius 1 is 1.21 bits per heavy atom. The van der Waals surface area contributed by atoms with Gasteiger partial charge in [-0.15, -0.1) is 11.3 Å². The summed E-state index contributed by atoms with van der Waals surface area (Å²) in [6, 6.07) is 9.01. The van der Waals surface area contributed by atoms with Crippen molar-refractivity contribution in [2.75, 3.05) is 20.8 Å². The van der Waals surface area contributed by atoms with Crippen molar-refractivity contribution >= 4 is 38.9 Å². The van der Waals surface area contributed by atoms with E-state index in [0.717, 1.165) is 4.88 Å². The summed E-state index contributed by atoms with van der Waals surface area (Å²) in [5.41, 5.74) is 0.277. The third kappa shape index (κ3) is 4.55. The first-order chi connectivity index (χ1) is 11.4. The van der Waals surface area contributed by atoms with E-state index in [1.807, 2.05) is 0 Å². The summed E-state index contributed by atoms with van der Waals surface area (Å²) < 4.78 is 37.7. The summed E-state index contributed by atoms with van der Waals surface area (Å²) >= 11 is 7.21. The fourth-order valence-electron chi connectivity index (χ4n) is 1.96. The molecule has 1 aromatic carbocycles. The van der Waals surface area contributed by atoms with Gasteiger partial charge in [0.25, 0.3) is 0 Å². The molecule has 0 saturated carbocycles. The molecule has 0 saturated heterocycles. The maximum absolute atomic E-state index is 12.3. The number of hydrogen-bond donors (Lipinski definition) is 1. The molecule has 2 rings (SSSR count). The molecule has 1 unspecified atom stereocenters. The van der Waals surface area contributed by atoms with Crippen LogP contribution < -0.4 is 4.72 Å². The number of esters is 1. The maximum atomic E-state index is 12.3. The third-order valence-corrected chi connectivity index (χ3v) is 6.00.